The molecule has 1 atom stereocenters. The number of hydrogen-bond acceptors (Lipinski definition) is 3. The third-order valence-electron chi connectivity index (χ3n) is 3.62. The summed E-state index contributed by atoms with van der Waals surface area (Å²) in [6.07, 6.45) is 1.76. The molecule has 0 aliphatic carbocycles. The van der Waals surface area contributed by atoms with Crippen LogP contribution < -0.4 is 4.74 Å². The summed E-state index contributed by atoms with van der Waals surface area (Å²) in [5.41, 5.74) is 2.16. The van der Waals surface area contributed by atoms with E-state index in [0.717, 1.165) is 17.1 Å². The Labute approximate surface area is 124 Å². The second kappa shape index (κ2) is 5.79. The molecule has 0 aliphatic rings. The molecule has 0 N–H and O–H groups in total. The van der Waals surface area contributed by atoms with Gasteiger partial charge in [-0.05, 0) is 24.6 Å². The van der Waals surface area contributed by atoms with Crippen LogP contribution in [0.1, 0.15) is 18.5 Å². The van der Waals surface area contributed by atoms with E-state index in [-0.39, 0.29) is 6.04 Å². The van der Waals surface area contributed by atoms with Gasteiger partial charge < -0.3 is 9.30 Å². The molecule has 1 heterocycles. The Balaban J connectivity index is 2.05. The van der Waals surface area contributed by atoms with Crippen LogP contribution in [0.15, 0.2) is 60.9 Å². The number of nitrogens with zero attached hydrogens (tertiary/aromatic N) is 3. The van der Waals surface area contributed by atoms with Gasteiger partial charge in [-0.2, -0.15) is 0 Å². The Morgan fingerprint density at radius 3 is 2.48 bits per heavy atom. The first-order chi connectivity index (χ1) is 10.3. The molecule has 0 spiro atoms. The van der Waals surface area contributed by atoms with Gasteiger partial charge in [-0.1, -0.05) is 42.5 Å². The van der Waals surface area contributed by atoms with Gasteiger partial charge in [0.2, 0.25) is 0 Å². The summed E-state index contributed by atoms with van der Waals surface area (Å²) in [4.78, 5) is 0. The minimum absolute atomic E-state index is 0.154. The molecule has 0 amide bonds. The molecule has 0 bridgehead atoms. The van der Waals surface area contributed by atoms with Crippen molar-refractivity contribution in [1.29, 1.82) is 0 Å². The molecule has 0 fully saturated rings. The van der Waals surface area contributed by atoms with E-state index in [1.54, 1.807) is 13.4 Å². The van der Waals surface area contributed by atoms with Crippen LogP contribution in [0.2, 0.25) is 0 Å². The monoisotopic (exact) mass is 279 g/mol. The SMILES string of the molecule is COc1ccccc1-c1nncn1C(C)c1ccccc1. The first kappa shape index (κ1) is 13.4. The molecule has 0 aliphatic heterocycles. The molecule has 21 heavy (non-hydrogen) atoms. The van der Waals surface area contributed by atoms with Gasteiger partial charge in [0.15, 0.2) is 5.82 Å². The van der Waals surface area contributed by atoms with Crippen molar-refractivity contribution >= 4 is 0 Å². The molecule has 1 unspecified atom stereocenters. The van der Waals surface area contributed by atoms with Crippen LogP contribution in [-0.2, 0) is 0 Å². The van der Waals surface area contributed by atoms with Crippen molar-refractivity contribution in [2.24, 2.45) is 0 Å². The molecular weight excluding hydrogens is 262 g/mol. The van der Waals surface area contributed by atoms with Crippen molar-refractivity contribution < 1.29 is 4.74 Å². The molecule has 0 saturated carbocycles. The first-order valence-corrected chi connectivity index (χ1v) is 6.89. The summed E-state index contributed by atoms with van der Waals surface area (Å²) in [6, 6.07) is 18.3. The normalized spacial score (nSPS) is 12.1. The molecule has 106 valence electrons. The predicted molar refractivity (Wildman–Crippen MR) is 82.3 cm³/mol. The fourth-order valence-corrected chi connectivity index (χ4v) is 2.44. The van der Waals surface area contributed by atoms with Gasteiger partial charge >= 0.3 is 0 Å². The van der Waals surface area contributed by atoms with E-state index in [1.165, 1.54) is 5.56 Å². The molecular formula is C17H17N3O. The number of para-hydroxylation sites is 1. The van der Waals surface area contributed by atoms with Crippen molar-refractivity contribution in [3.63, 3.8) is 0 Å². The Morgan fingerprint density at radius 2 is 1.71 bits per heavy atom. The molecule has 3 aromatic rings. The van der Waals surface area contributed by atoms with Gasteiger partial charge in [0.1, 0.15) is 12.1 Å². The molecule has 1 aromatic heterocycles. The molecule has 4 nitrogen and oxygen atoms in total. The molecule has 4 heteroatoms. The van der Waals surface area contributed by atoms with Gasteiger partial charge in [0, 0.05) is 0 Å². The van der Waals surface area contributed by atoms with Crippen molar-refractivity contribution in [3.8, 4) is 17.1 Å². The summed E-state index contributed by atoms with van der Waals surface area (Å²) in [5, 5.41) is 8.35. The number of rotatable bonds is 4. The number of methoxy groups -OCH3 is 1. The fraction of sp³-hybridized carbons (Fsp3) is 0.176. The summed E-state index contributed by atoms with van der Waals surface area (Å²) < 4.78 is 7.49. The largest absolute Gasteiger partial charge is 0.496 e. The van der Waals surface area contributed by atoms with Gasteiger partial charge in [-0.15, -0.1) is 10.2 Å². The highest BCUT2D eigenvalue weighted by molar-refractivity contribution is 5.64. The lowest BCUT2D eigenvalue weighted by atomic mass is 10.1. The highest BCUT2D eigenvalue weighted by Crippen LogP contribution is 2.30. The van der Waals surface area contributed by atoms with E-state index in [1.807, 2.05) is 42.5 Å². The lowest BCUT2D eigenvalue weighted by Gasteiger charge is -2.16. The minimum Gasteiger partial charge on any atom is -0.496 e. The number of ether oxygens (including phenoxy) is 1. The third kappa shape index (κ3) is 2.52. The predicted octanol–water partition coefficient (Wildman–Crippen LogP) is 3.56. The van der Waals surface area contributed by atoms with Crippen LogP contribution in [-0.4, -0.2) is 21.9 Å². The van der Waals surface area contributed by atoms with Crippen LogP contribution in [0.5, 0.6) is 5.75 Å². The van der Waals surface area contributed by atoms with Gasteiger partial charge in [-0.3, -0.25) is 0 Å². The first-order valence-electron chi connectivity index (χ1n) is 6.89. The number of aromatic nitrogens is 3. The van der Waals surface area contributed by atoms with Crippen molar-refractivity contribution in [2.45, 2.75) is 13.0 Å². The van der Waals surface area contributed by atoms with Crippen LogP contribution in [0.4, 0.5) is 0 Å². The van der Waals surface area contributed by atoms with E-state index in [4.69, 9.17) is 4.74 Å². The lowest BCUT2D eigenvalue weighted by Crippen LogP contribution is -2.07. The summed E-state index contributed by atoms with van der Waals surface area (Å²) in [6.45, 7) is 2.14. The summed E-state index contributed by atoms with van der Waals surface area (Å²) in [7, 11) is 1.67. The maximum atomic E-state index is 5.43. The fourth-order valence-electron chi connectivity index (χ4n) is 2.44. The van der Waals surface area contributed by atoms with E-state index in [9.17, 15) is 0 Å². The maximum Gasteiger partial charge on any atom is 0.168 e. The van der Waals surface area contributed by atoms with Gasteiger partial charge in [0.25, 0.3) is 0 Å². The number of benzene rings is 2. The average molecular weight is 279 g/mol. The highest BCUT2D eigenvalue weighted by atomic mass is 16.5. The molecule has 3 rings (SSSR count). The highest BCUT2D eigenvalue weighted by Gasteiger charge is 2.16. The summed E-state index contributed by atoms with van der Waals surface area (Å²) in [5.74, 6) is 1.61. The van der Waals surface area contributed by atoms with Crippen LogP contribution in [0.25, 0.3) is 11.4 Å². The zero-order valence-electron chi connectivity index (χ0n) is 12.1. The van der Waals surface area contributed by atoms with E-state index < -0.39 is 0 Å². The van der Waals surface area contributed by atoms with Gasteiger partial charge in [-0.25, -0.2) is 0 Å². The van der Waals surface area contributed by atoms with E-state index >= 15 is 0 Å². The Bertz CT molecular complexity index is 722. The second-order valence-electron chi connectivity index (χ2n) is 4.85. The average Bonchev–Trinajstić information content (AvgIpc) is 3.04. The topological polar surface area (TPSA) is 39.9 Å². The standard InChI is InChI=1S/C17H17N3O/c1-13(14-8-4-3-5-9-14)20-12-18-19-17(20)15-10-6-7-11-16(15)21-2/h3-13H,1-2H3. The Hall–Kier alpha value is -2.62. The lowest BCUT2D eigenvalue weighted by molar-refractivity contribution is 0.415. The van der Waals surface area contributed by atoms with Crippen molar-refractivity contribution in [3.05, 3.63) is 66.5 Å². The molecule has 0 radical (unpaired) electrons. The zero-order valence-corrected chi connectivity index (χ0v) is 12.1. The number of hydrogen-bond donors (Lipinski definition) is 0. The second-order valence-corrected chi connectivity index (χ2v) is 4.85. The van der Waals surface area contributed by atoms with Crippen LogP contribution in [0, 0.1) is 0 Å². The van der Waals surface area contributed by atoms with Crippen LogP contribution >= 0.6 is 0 Å². The summed E-state index contributed by atoms with van der Waals surface area (Å²) >= 11 is 0. The van der Waals surface area contributed by atoms with E-state index in [2.05, 4.69) is 33.8 Å². The quantitative estimate of drug-likeness (QED) is 0.733. The minimum atomic E-state index is 0.154. The zero-order chi connectivity index (χ0) is 14.7. The third-order valence-corrected chi connectivity index (χ3v) is 3.62. The van der Waals surface area contributed by atoms with Gasteiger partial charge in [0.05, 0.1) is 18.7 Å². The Kier molecular flexibility index (Phi) is 3.69. The van der Waals surface area contributed by atoms with Crippen LogP contribution in [0.3, 0.4) is 0 Å². The van der Waals surface area contributed by atoms with Crippen molar-refractivity contribution in [2.75, 3.05) is 7.11 Å². The maximum absolute atomic E-state index is 5.43. The van der Waals surface area contributed by atoms with Crippen molar-refractivity contribution in [1.82, 2.24) is 14.8 Å². The Morgan fingerprint density at radius 1 is 1.00 bits per heavy atom. The molecule has 2 aromatic carbocycles. The smallest absolute Gasteiger partial charge is 0.168 e. The van der Waals surface area contributed by atoms with E-state index in [0.29, 0.717) is 0 Å². The molecule has 0 saturated heterocycles.